The molecule has 5 aromatic rings. The number of carbonyl (C=O) groups excluding carboxylic acids is 5. The lowest BCUT2D eigenvalue weighted by Crippen LogP contribution is -2.54. The van der Waals surface area contributed by atoms with Crippen LogP contribution < -0.4 is 15.1 Å². The summed E-state index contributed by atoms with van der Waals surface area (Å²) in [4.78, 5) is 77.5. The Kier molecular flexibility index (Phi) is 10.7. The van der Waals surface area contributed by atoms with E-state index in [9.17, 15) is 37.5 Å². The van der Waals surface area contributed by atoms with Crippen molar-refractivity contribution in [1.29, 1.82) is 0 Å². The predicted octanol–water partition coefficient (Wildman–Crippen LogP) is 9.09. The molecule has 3 fully saturated rings. The first kappa shape index (κ1) is 42.5. The Morgan fingerprint density at radius 3 is 2.27 bits per heavy atom. The molecule has 324 valence electrons. The number of phenols is 1. The van der Waals surface area contributed by atoms with Crippen molar-refractivity contribution in [2.45, 2.75) is 24.4 Å². The third kappa shape index (κ3) is 6.92. The monoisotopic (exact) mass is 906 g/mol. The average molecular weight is 908 g/mol. The molecule has 3 heterocycles. The number of nitrogens with one attached hydrogen (secondary N) is 1. The SMILES string of the molecule is COc1cc(C=CC2C3=CCC4C(=O)N(c5ccc(C(=O)c6ccccc6)cc5)C(=O)C4C3CC3C(=O)N(Nc4ncc(C(F)(F)F)cc4Cl)C(=O)C23c2ccc(Cl)cc2)ccc1O. The number of benzene rings is 4. The number of aromatic nitrogens is 1. The zero-order valence-corrected chi connectivity index (χ0v) is 35.1. The van der Waals surface area contributed by atoms with Crippen molar-refractivity contribution >= 4 is 70.2 Å². The van der Waals surface area contributed by atoms with E-state index in [-0.39, 0.29) is 41.6 Å². The number of alkyl halides is 3. The fraction of sp³-hybridized carbons (Fsp3) is 0.208. The summed E-state index contributed by atoms with van der Waals surface area (Å²) in [6.07, 6.45) is 1.09. The average Bonchev–Trinajstić information content (AvgIpc) is 3.67. The molecule has 0 radical (unpaired) electrons. The third-order valence-electron chi connectivity index (χ3n) is 12.7. The first-order valence-corrected chi connectivity index (χ1v) is 20.9. The van der Waals surface area contributed by atoms with Crippen molar-refractivity contribution in [2.24, 2.45) is 29.6 Å². The predicted molar refractivity (Wildman–Crippen MR) is 230 cm³/mol. The van der Waals surface area contributed by atoms with Crippen LogP contribution >= 0.6 is 23.2 Å². The normalized spacial score (nSPS) is 24.1. The second kappa shape index (κ2) is 16.1. The summed E-state index contributed by atoms with van der Waals surface area (Å²) < 4.78 is 46.1. The van der Waals surface area contributed by atoms with Gasteiger partial charge in [-0.3, -0.25) is 34.3 Å². The zero-order valence-electron chi connectivity index (χ0n) is 33.6. The molecule has 4 amide bonds. The Hall–Kier alpha value is -6.77. The molecule has 2 saturated heterocycles. The molecule has 0 spiro atoms. The van der Waals surface area contributed by atoms with E-state index in [1.165, 1.54) is 13.2 Å². The van der Waals surface area contributed by atoms with Gasteiger partial charge in [-0.25, -0.2) is 4.98 Å². The van der Waals surface area contributed by atoms with Gasteiger partial charge in [0, 0.05) is 28.3 Å². The number of ether oxygens (including phenoxy) is 1. The summed E-state index contributed by atoms with van der Waals surface area (Å²) in [6, 6.07) is 26.5. The van der Waals surface area contributed by atoms with Crippen LogP contribution in [-0.4, -0.2) is 51.6 Å². The summed E-state index contributed by atoms with van der Waals surface area (Å²) in [7, 11) is 1.39. The summed E-state index contributed by atoms with van der Waals surface area (Å²) in [5.74, 6) is -7.79. The number of fused-ring (bicyclic) bond motifs is 4. The molecule has 2 aliphatic heterocycles. The van der Waals surface area contributed by atoms with Gasteiger partial charge in [0.25, 0.3) is 11.8 Å². The Bertz CT molecular complexity index is 2820. The number of allylic oxidation sites excluding steroid dienone is 3. The number of methoxy groups -OCH3 is 1. The topological polar surface area (TPSA) is 146 Å². The number of hydrazine groups is 1. The van der Waals surface area contributed by atoms with Crippen molar-refractivity contribution in [2.75, 3.05) is 17.4 Å². The fourth-order valence-electron chi connectivity index (χ4n) is 9.81. The summed E-state index contributed by atoms with van der Waals surface area (Å²) >= 11 is 12.7. The standard InChI is InChI=1S/C48H35Cl2F3N4O7/c1-64-39-21-25(8-20-38(39)58)7-19-35-32-17-18-33-40(45(62)56(43(33)60)31-15-9-27(10-16-31)41(59)26-5-3-2-4-6-26)34(32)23-36-44(61)57(46(63)47(35,36)28-11-13-30(49)14-12-28)55-42-37(50)22-29(24-54-42)48(51,52)53/h2-17,19-22,24,33-36,40,58H,18,23H2,1H3,(H,54,55). The largest absolute Gasteiger partial charge is 0.504 e. The number of ketones is 1. The van der Waals surface area contributed by atoms with Gasteiger partial charge in [-0.05, 0) is 84.5 Å². The van der Waals surface area contributed by atoms with E-state index < -0.39 is 75.4 Å². The van der Waals surface area contributed by atoms with Crippen LogP contribution in [0, 0.1) is 29.6 Å². The number of hydrogen-bond acceptors (Lipinski definition) is 9. The van der Waals surface area contributed by atoms with Crippen molar-refractivity contribution in [3.8, 4) is 11.5 Å². The highest BCUT2D eigenvalue weighted by Crippen LogP contribution is 2.62. The molecule has 1 saturated carbocycles. The van der Waals surface area contributed by atoms with Crippen LogP contribution in [0.5, 0.6) is 11.5 Å². The number of phenolic OH excluding ortho intramolecular Hbond substituents is 1. The van der Waals surface area contributed by atoms with E-state index in [0.29, 0.717) is 50.1 Å². The Morgan fingerprint density at radius 2 is 1.59 bits per heavy atom. The van der Waals surface area contributed by atoms with Crippen molar-refractivity contribution in [3.63, 3.8) is 0 Å². The number of rotatable bonds is 9. The smallest absolute Gasteiger partial charge is 0.417 e. The van der Waals surface area contributed by atoms with Gasteiger partial charge in [-0.2, -0.15) is 18.2 Å². The van der Waals surface area contributed by atoms with Crippen LogP contribution in [0.3, 0.4) is 0 Å². The highest BCUT2D eigenvalue weighted by molar-refractivity contribution is 6.33. The Labute approximate surface area is 373 Å². The number of hydrogen-bond donors (Lipinski definition) is 2. The molecule has 6 unspecified atom stereocenters. The second-order valence-electron chi connectivity index (χ2n) is 16.0. The molecule has 0 bridgehead atoms. The van der Waals surface area contributed by atoms with Crippen LogP contribution in [0.15, 0.2) is 127 Å². The van der Waals surface area contributed by atoms with Gasteiger partial charge < -0.3 is 9.84 Å². The first-order valence-electron chi connectivity index (χ1n) is 20.1. The molecule has 4 aromatic carbocycles. The van der Waals surface area contributed by atoms with Crippen LogP contribution in [0.4, 0.5) is 24.7 Å². The Morgan fingerprint density at radius 1 is 0.891 bits per heavy atom. The van der Waals surface area contributed by atoms with E-state index >= 15 is 4.79 Å². The summed E-state index contributed by atoms with van der Waals surface area (Å²) in [6.45, 7) is 0. The van der Waals surface area contributed by atoms with Gasteiger partial charge in [0.05, 0.1) is 46.6 Å². The molecule has 11 nitrogen and oxygen atoms in total. The van der Waals surface area contributed by atoms with Crippen LogP contribution in [-0.2, 0) is 30.8 Å². The van der Waals surface area contributed by atoms with Crippen molar-refractivity contribution in [3.05, 3.63) is 165 Å². The molecule has 2 aliphatic carbocycles. The second-order valence-corrected chi connectivity index (χ2v) is 16.9. The summed E-state index contributed by atoms with van der Waals surface area (Å²) in [5.41, 5.74) is 2.38. The lowest BCUT2D eigenvalue weighted by molar-refractivity contribution is -0.139. The molecule has 6 atom stereocenters. The molecule has 16 heteroatoms. The van der Waals surface area contributed by atoms with E-state index in [2.05, 4.69) is 10.4 Å². The zero-order chi connectivity index (χ0) is 45.2. The molecule has 9 rings (SSSR count). The van der Waals surface area contributed by atoms with E-state index in [0.717, 1.165) is 4.90 Å². The van der Waals surface area contributed by atoms with Crippen LogP contribution in [0.25, 0.3) is 6.08 Å². The quantitative estimate of drug-likeness (QED) is 0.0841. The molecule has 1 aromatic heterocycles. The Balaban J connectivity index is 1.15. The van der Waals surface area contributed by atoms with Crippen LogP contribution in [0.1, 0.15) is 45.5 Å². The number of nitrogens with zero attached hydrogens (tertiary/aromatic N) is 3. The fourth-order valence-corrected chi connectivity index (χ4v) is 10.1. The van der Waals surface area contributed by atoms with Crippen LogP contribution in [0.2, 0.25) is 10.0 Å². The van der Waals surface area contributed by atoms with Gasteiger partial charge in [-0.1, -0.05) is 95.5 Å². The van der Waals surface area contributed by atoms with Gasteiger partial charge >= 0.3 is 6.18 Å². The number of carbonyl (C=O) groups is 5. The minimum Gasteiger partial charge on any atom is -0.504 e. The molecular weight excluding hydrogens is 872 g/mol. The summed E-state index contributed by atoms with van der Waals surface area (Å²) in [5, 5.41) is 10.9. The number of anilines is 2. The number of pyridine rings is 1. The maximum atomic E-state index is 15.4. The van der Waals surface area contributed by atoms with Crippen molar-refractivity contribution < 1.29 is 47.0 Å². The van der Waals surface area contributed by atoms with E-state index in [4.69, 9.17) is 27.9 Å². The van der Waals surface area contributed by atoms with Crippen molar-refractivity contribution in [1.82, 2.24) is 9.99 Å². The number of amides is 4. The lowest BCUT2D eigenvalue weighted by atomic mass is 9.50. The maximum Gasteiger partial charge on any atom is 0.417 e. The highest BCUT2D eigenvalue weighted by atomic mass is 35.5. The minimum absolute atomic E-state index is 0.0820. The molecule has 2 N–H and O–H groups in total. The number of imide groups is 2. The molecule has 64 heavy (non-hydrogen) atoms. The number of aromatic hydroxyl groups is 1. The van der Waals surface area contributed by atoms with Gasteiger partial charge in [0.2, 0.25) is 11.8 Å². The number of halogens is 5. The molecular formula is C48H35Cl2F3N4O7. The third-order valence-corrected chi connectivity index (χ3v) is 13.3. The van der Waals surface area contributed by atoms with Gasteiger partial charge in [0.15, 0.2) is 23.1 Å². The van der Waals surface area contributed by atoms with E-state index in [1.807, 2.05) is 6.08 Å². The van der Waals surface area contributed by atoms with Gasteiger partial charge in [-0.15, -0.1) is 0 Å². The maximum absolute atomic E-state index is 15.4. The van der Waals surface area contributed by atoms with E-state index in [1.54, 1.807) is 103 Å². The minimum atomic E-state index is -4.77. The van der Waals surface area contributed by atoms with Gasteiger partial charge in [0.1, 0.15) is 0 Å². The lowest BCUT2D eigenvalue weighted by Gasteiger charge is -2.49. The highest BCUT2D eigenvalue weighted by Gasteiger charge is 2.69. The first-order chi connectivity index (χ1) is 30.6. The molecule has 4 aliphatic rings.